The van der Waals surface area contributed by atoms with E-state index < -0.39 is 0 Å². The number of thioether (sulfide) groups is 1. The van der Waals surface area contributed by atoms with Gasteiger partial charge in [-0.25, -0.2) is 0 Å². The maximum absolute atomic E-state index is 12.1. The summed E-state index contributed by atoms with van der Waals surface area (Å²) in [5.41, 5.74) is 1.21. The van der Waals surface area contributed by atoms with Crippen LogP contribution in [0.1, 0.15) is 12.5 Å². The van der Waals surface area contributed by atoms with Crippen molar-refractivity contribution in [1.29, 1.82) is 0 Å². The van der Waals surface area contributed by atoms with Gasteiger partial charge in [0.25, 0.3) is 11.8 Å². The number of hydrogen-bond acceptors (Lipinski definition) is 3. The zero-order valence-electron chi connectivity index (χ0n) is 10.1. The van der Waals surface area contributed by atoms with Crippen molar-refractivity contribution < 1.29 is 9.59 Å². The molecule has 94 valence electrons. The minimum atomic E-state index is -0.252. The first-order valence-electron chi connectivity index (χ1n) is 5.51. The van der Waals surface area contributed by atoms with Crippen LogP contribution in [0.2, 0.25) is 5.02 Å². The third-order valence-electron chi connectivity index (χ3n) is 2.67. The Morgan fingerprint density at radius 3 is 2.33 bits per heavy atom. The number of imide groups is 1. The molecule has 0 N–H and O–H groups in total. The molecule has 1 aliphatic heterocycles. The molecule has 0 radical (unpaired) electrons. The summed E-state index contributed by atoms with van der Waals surface area (Å²) in [6, 6.07) is 6.96. The molecular weight excluding hydrogens is 270 g/mol. The molecule has 1 aliphatic rings. The smallest absolute Gasteiger partial charge is 0.267 e. The van der Waals surface area contributed by atoms with E-state index in [-0.39, 0.29) is 11.8 Å². The lowest BCUT2D eigenvalue weighted by Gasteiger charge is -2.06. The van der Waals surface area contributed by atoms with Crippen molar-refractivity contribution in [2.75, 3.05) is 12.8 Å². The van der Waals surface area contributed by atoms with Crippen LogP contribution >= 0.6 is 23.4 Å². The Balaban J connectivity index is 2.53. The molecule has 0 saturated carbocycles. The van der Waals surface area contributed by atoms with Gasteiger partial charge in [-0.2, -0.15) is 0 Å². The topological polar surface area (TPSA) is 37.4 Å². The van der Waals surface area contributed by atoms with Crippen LogP contribution in [0.5, 0.6) is 0 Å². The van der Waals surface area contributed by atoms with Crippen molar-refractivity contribution in [3.05, 3.63) is 39.8 Å². The number of nitrogens with zero attached hydrogens (tertiary/aromatic N) is 1. The lowest BCUT2D eigenvalue weighted by Crippen LogP contribution is -2.26. The second-order valence-electron chi connectivity index (χ2n) is 3.81. The second kappa shape index (κ2) is 5.16. The molecule has 0 aliphatic carbocycles. The number of benzene rings is 1. The molecule has 0 aromatic heterocycles. The monoisotopic (exact) mass is 281 g/mol. The van der Waals surface area contributed by atoms with Crippen molar-refractivity contribution in [2.24, 2.45) is 0 Å². The first-order chi connectivity index (χ1) is 8.56. The van der Waals surface area contributed by atoms with Crippen LogP contribution in [-0.2, 0) is 9.59 Å². The maximum Gasteiger partial charge on any atom is 0.267 e. The molecule has 2 rings (SSSR count). The molecule has 5 heteroatoms. The summed E-state index contributed by atoms with van der Waals surface area (Å²) in [6.45, 7) is 1.95. The minimum absolute atomic E-state index is 0.225. The van der Waals surface area contributed by atoms with Gasteiger partial charge < -0.3 is 0 Å². The van der Waals surface area contributed by atoms with Gasteiger partial charge in [0, 0.05) is 12.1 Å². The molecule has 0 atom stereocenters. The Morgan fingerprint density at radius 2 is 1.78 bits per heavy atom. The van der Waals surface area contributed by atoms with Gasteiger partial charge in [0.05, 0.1) is 10.5 Å². The highest BCUT2D eigenvalue weighted by atomic mass is 35.5. The van der Waals surface area contributed by atoms with Crippen LogP contribution in [0, 0.1) is 0 Å². The van der Waals surface area contributed by atoms with Gasteiger partial charge in [0.1, 0.15) is 0 Å². The number of rotatable bonds is 3. The third-order valence-corrected chi connectivity index (χ3v) is 3.87. The summed E-state index contributed by atoms with van der Waals surface area (Å²) < 4.78 is 0. The van der Waals surface area contributed by atoms with Crippen LogP contribution in [0.25, 0.3) is 5.57 Å². The lowest BCUT2D eigenvalue weighted by atomic mass is 10.1. The van der Waals surface area contributed by atoms with Crippen molar-refractivity contribution in [3.8, 4) is 0 Å². The van der Waals surface area contributed by atoms with Gasteiger partial charge in [-0.3, -0.25) is 14.5 Å². The summed E-state index contributed by atoms with van der Waals surface area (Å²) >= 11 is 7.22. The Hall–Kier alpha value is -1.26. The van der Waals surface area contributed by atoms with Gasteiger partial charge in [0.2, 0.25) is 0 Å². The van der Waals surface area contributed by atoms with Crippen molar-refractivity contribution in [1.82, 2.24) is 4.90 Å². The highest BCUT2D eigenvalue weighted by Crippen LogP contribution is 2.35. The standard InChI is InChI=1S/C13H12ClNO2S/c1-3-18-11-10(12(16)15(2)13(11)17)8-4-6-9(14)7-5-8/h4-7H,3H2,1-2H3. The van der Waals surface area contributed by atoms with Gasteiger partial charge in [0.15, 0.2) is 0 Å². The summed E-state index contributed by atoms with van der Waals surface area (Å²) in [6.07, 6.45) is 0. The molecule has 3 nitrogen and oxygen atoms in total. The average Bonchev–Trinajstić information content (AvgIpc) is 2.57. The highest BCUT2D eigenvalue weighted by Gasteiger charge is 2.36. The maximum atomic E-state index is 12.1. The first kappa shape index (κ1) is 13.2. The van der Waals surface area contributed by atoms with Crippen molar-refractivity contribution in [2.45, 2.75) is 6.92 Å². The molecule has 0 spiro atoms. The van der Waals surface area contributed by atoms with E-state index in [0.29, 0.717) is 15.5 Å². The molecule has 0 fully saturated rings. The molecule has 1 aromatic rings. The van der Waals surface area contributed by atoms with Crippen LogP contribution in [0.4, 0.5) is 0 Å². The molecule has 18 heavy (non-hydrogen) atoms. The number of hydrogen-bond donors (Lipinski definition) is 0. The molecule has 0 saturated heterocycles. The average molecular weight is 282 g/mol. The van der Waals surface area contributed by atoms with Gasteiger partial charge in [-0.05, 0) is 23.4 Å². The number of carbonyl (C=O) groups is 2. The number of halogens is 1. The third kappa shape index (κ3) is 2.18. The summed E-state index contributed by atoms with van der Waals surface area (Å²) in [5.74, 6) is 0.273. The first-order valence-corrected chi connectivity index (χ1v) is 6.88. The minimum Gasteiger partial charge on any atom is -0.277 e. The predicted molar refractivity (Wildman–Crippen MR) is 74.3 cm³/mol. The van der Waals surface area contributed by atoms with Crippen molar-refractivity contribution in [3.63, 3.8) is 0 Å². The Morgan fingerprint density at radius 1 is 1.17 bits per heavy atom. The zero-order chi connectivity index (χ0) is 13.3. The largest absolute Gasteiger partial charge is 0.277 e. The van der Waals surface area contributed by atoms with E-state index >= 15 is 0 Å². The van der Waals surface area contributed by atoms with E-state index in [1.807, 2.05) is 6.92 Å². The molecular formula is C13H12ClNO2S. The lowest BCUT2D eigenvalue weighted by molar-refractivity contribution is -0.134. The molecule has 0 bridgehead atoms. The summed E-state index contributed by atoms with van der Waals surface area (Å²) in [4.78, 5) is 25.7. The molecule has 0 unspecified atom stereocenters. The van der Waals surface area contributed by atoms with Crippen LogP contribution in [0.15, 0.2) is 29.2 Å². The van der Waals surface area contributed by atoms with Gasteiger partial charge in [-0.15, -0.1) is 11.8 Å². The molecule has 2 amide bonds. The second-order valence-corrected chi connectivity index (χ2v) is 5.52. The van der Waals surface area contributed by atoms with E-state index in [1.54, 1.807) is 24.3 Å². The Kier molecular flexibility index (Phi) is 3.78. The number of likely N-dealkylation sites (N-methyl/N-ethyl adjacent to an activating group) is 1. The predicted octanol–water partition coefficient (Wildman–Crippen LogP) is 2.80. The highest BCUT2D eigenvalue weighted by molar-refractivity contribution is 8.04. The number of carbonyl (C=O) groups excluding carboxylic acids is 2. The van der Waals surface area contributed by atoms with E-state index in [9.17, 15) is 9.59 Å². The fourth-order valence-electron chi connectivity index (χ4n) is 1.77. The zero-order valence-corrected chi connectivity index (χ0v) is 11.6. The van der Waals surface area contributed by atoms with E-state index in [1.165, 1.54) is 18.8 Å². The summed E-state index contributed by atoms with van der Waals surface area (Å²) in [5, 5.41) is 0.606. The van der Waals surface area contributed by atoms with E-state index in [0.717, 1.165) is 16.2 Å². The summed E-state index contributed by atoms with van der Waals surface area (Å²) in [7, 11) is 1.50. The molecule has 1 heterocycles. The van der Waals surface area contributed by atoms with Gasteiger partial charge in [-0.1, -0.05) is 30.7 Å². The van der Waals surface area contributed by atoms with Crippen LogP contribution in [0.3, 0.4) is 0 Å². The normalized spacial score (nSPS) is 15.8. The van der Waals surface area contributed by atoms with Crippen molar-refractivity contribution >= 4 is 40.8 Å². The Labute approximate surface area is 115 Å². The number of amides is 2. The fourth-order valence-corrected chi connectivity index (χ4v) is 2.79. The van der Waals surface area contributed by atoms with Gasteiger partial charge >= 0.3 is 0 Å². The van der Waals surface area contributed by atoms with E-state index in [2.05, 4.69) is 0 Å². The SMILES string of the molecule is CCSC1=C(c2ccc(Cl)cc2)C(=O)N(C)C1=O. The van der Waals surface area contributed by atoms with Crippen LogP contribution < -0.4 is 0 Å². The fraction of sp³-hybridized carbons (Fsp3) is 0.231. The Bertz CT molecular complexity index is 536. The molecule has 1 aromatic carbocycles. The van der Waals surface area contributed by atoms with E-state index in [4.69, 9.17) is 11.6 Å². The van der Waals surface area contributed by atoms with Crippen LogP contribution in [-0.4, -0.2) is 29.5 Å². The quantitative estimate of drug-likeness (QED) is 0.800.